The summed E-state index contributed by atoms with van der Waals surface area (Å²) in [5, 5.41) is 3.64. The molecule has 0 radical (unpaired) electrons. The van der Waals surface area contributed by atoms with Gasteiger partial charge < -0.3 is 5.32 Å². The Hall–Kier alpha value is -0.0800. The van der Waals surface area contributed by atoms with E-state index in [1.165, 1.54) is 25.9 Å². The minimum atomic E-state index is 0.361. The van der Waals surface area contributed by atoms with Crippen LogP contribution in [0.15, 0.2) is 0 Å². The van der Waals surface area contributed by atoms with Crippen LogP contribution in [0.3, 0.4) is 0 Å². The van der Waals surface area contributed by atoms with Crippen molar-refractivity contribution in [3.05, 3.63) is 0 Å². The van der Waals surface area contributed by atoms with Crippen molar-refractivity contribution in [1.29, 1.82) is 0 Å². The van der Waals surface area contributed by atoms with Crippen LogP contribution in [0.25, 0.3) is 0 Å². The van der Waals surface area contributed by atoms with Gasteiger partial charge >= 0.3 is 0 Å². The lowest BCUT2D eigenvalue weighted by molar-refractivity contribution is 0.0502. The van der Waals surface area contributed by atoms with Gasteiger partial charge in [-0.05, 0) is 52.7 Å². The number of likely N-dealkylation sites (tertiary alicyclic amines) is 1. The summed E-state index contributed by atoms with van der Waals surface area (Å²) in [6.45, 7) is 7.23. The summed E-state index contributed by atoms with van der Waals surface area (Å²) >= 11 is 0. The fourth-order valence-electron chi connectivity index (χ4n) is 2.78. The Bertz CT molecular complexity index is 177. The van der Waals surface area contributed by atoms with Crippen LogP contribution >= 0.6 is 0 Å². The zero-order valence-corrected chi connectivity index (χ0v) is 8.43. The number of piperidine rings is 1. The van der Waals surface area contributed by atoms with Crippen molar-refractivity contribution >= 4 is 0 Å². The molecule has 0 bridgehead atoms. The molecule has 0 aromatic carbocycles. The Labute approximate surface area is 75.3 Å². The summed E-state index contributed by atoms with van der Waals surface area (Å²) in [7, 11) is 2.25. The number of likely N-dealkylation sites (N-methyl/N-ethyl adjacent to an activating group) is 1. The maximum absolute atomic E-state index is 3.64. The molecule has 2 atom stereocenters. The molecule has 2 aliphatic heterocycles. The third-order valence-electron chi connectivity index (χ3n) is 3.93. The molecule has 2 saturated heterocycles. The topological polar surface area (TPSA) is 15.3 Å². The quantitative estimate of drug-likeness (QED) is 0.582. The van der Waals surface area contributed by atoms with Gasteiger partial charge in [0.2, 0.25) is 0 Å². The molecule has 0 amide bonds. The molecule has 2 rings (SSSR count). The molecule has 0 aromatic heterocycles. The van der Waals surface area contributed by atoms with E-state index in [1.54, 1.807) is 0 Å². The SMILES string of the molecule is CN1CCC2CCNC2C1(C)C. The van der Waals surface area contributed by atoms with Crippen LogP contribution in [0.5, 0.6) is 0 Å². The van der Waals surface area contributed by atoms with Crippen molar-refractivity contribution in [2.45, 2.75) is 38.3 Å². The van der Waals surface area contributed by atoms with Gasteiger partial charge in [-0.1, -0.05) is 0 Å². The van der Waals surface area contributed by atoms with E-state index >= 15 is 0 Å². The fraction of sp³-hybridized carbons (Fsp3) is 1.00. The van der Waals surface area contributed by atoms with Crippen LogP contribution in [0.4, 0.5) is 0 Å². The van der Waals surface area contributed by atoms with Gasteiger partial charge in [0.15, 0.2) is 0 Å². The standard InChI is InChI=1S/C10H20N2/c1-10(2)9-8(4-6-11-9)5-7-12(10)3/h8-9,11H,4-7H2,1-3H3. The first-order chi connectivity index (χ1) is 5.62. The number of rotatable bonds is 0. The highest BCUT2D eigenvalue weighted by Crippen LogP contribution is 2.35. The lowest BCUT2D eigenvalue weighted by Gasteiger charge is -2.47. The lowest BCUT2D eigenvalue weighted by atomic mass is 9.79. The molecule has 2 aliphatic rings. The van der Waals surface area contributed by atoms with E-state index in [-0.39, 0.29) is 0 Å². The summed E-state index contributed by atoms with van der Waals surface area (Å²) < 4.78 is 0. The average molecular weight is 168 g/mol. The largest absolute Gasteiger partial charge is 0.312 e. The third-order valence-corrected chi connectivity index (χ3v) is 3.93. The second kappa shape index (κ2) is 2.71. The van der Waals surface area contributed by atoms with Gasteiger partial charge in [0.05, 0.1) is 0 Å². The number of fused-ring (bicyclic) bond motifs is 1. The van der Waals surface area contributed by atoms with E-state index in [0.29, 0.717) is 5.54 Å². The predicted molar refractivity (Wildman–Crippen MR) is 51.2 cm³/mol. The second-order valence-corrected chi connectivity index (χ2v) is 4.84. The molecule has 1 N–H and O–H groups in total. The number of nitrogens with zero attached hydrogens (tertiary/aromatic N) is 1. The molecule has 70 valence electrons. The Morgan fingerprint density at radius 1 is 1.33 bits per heavy atom. The van der Waals surface area contributed by atoms with Gasteiger partial charge in [-0.25, -0.2) is 0 Å². The van der Waals surface area contributed by atoms with Crippen LogP contribution in [-0.2, 0) is 0 Å². The van der Waals surface area contributed by atoms with Crippen LogP contribution < -0.4 is 5.32 Å². The Morgan fingerprint density at radius 2 is 2.08 bits per heavy atom. The summed E-state index contributed by atoms with van der Waals surface area (Å²) in [6.07, 6.45) is 2.78. The molecule has 2 heteroatoms. The van der Waals surface area contributed by atoms with Gasteiger partial charge in [-0.15, -0.1) is 0 Å². The van der Waals surface area contributed by atoms with E-state index in [0.717, 1.165) is 12.0 Å². The fourth-order valence-corrected chi connectivity index (χ4v) is 2.78. The molecular weight excluding hydrogens is 148 g/mol. The number of hydrogen-bond donors (Lipinski definition) is 1. The Morgan fingerprint density at radius 3 is 2.83 bits per heavy atom. The molecule has 0 aliphatic carbocycles. The van der Waals surface area contributed by atoms with Crippen LogP contribution in [-0.4, -0.2) is 36.6 Å². The van der Waals surface area contributed by atoms with Crippen molar-refractivity contribution in [2.75, 3.05) is 20.1 Å². The van der Waals surface area contributed by atoms with Crippen molar-refractivity contribution in [1.82, 2.24) is 10.2 Å². The van der Waals surface area contributed by atoms with Crippen LogP contribution in [0.2, 0.25) is 0 Å². The minimum absolute atomic E-state index is 0.361. The first kappa shape index (κ1) is 8.52. The maximum Gasteiger partial charge on any atom is 0.0305 e. The average Bonchev–Trinajstić information content (AvgIpc) is 2.46. The molecule has 0 aromatic rings. The highest BCUT2D eigenvalue weighted by Gasteiger charge is 2.44. The summed E-state index contributed by atoms with van der Waals surface area (Å²) in [5.41, 5.74) is 0.361. The van der Waals surface area contributed by atoms with Crippen molar-refractivity contribution in [3.63, 3.8) is 0 Å². The zero-order valence-electron chi connectivity index (χ0n) is 8.43. The van der Waals surface area contributed by atoms with Gasteiger partial charge in [0.1, 0.15) is 0 Å². The summed E-state index contributed by atoms with van der Waals surface area (Å²) in [4.78, 5) is 2.49. The molecule has 0 spiro atoms. The third kappa shape index (κ3) is 1.09. The van der Waals surface area contributed by atoms with E-state index in [1.807, 2.05) is 0 Å². The number of nitrogens with one attached hydrogen (secondary N) is 1. The van der Waals surface area contributed by atoms with Crippen LogP contribution in [0, 0.1) is 5.92 Å². The summed E-state index contributed by atoms with van der Waals surface area (Å²) in [6, 6.07) is 0.733. The minimum Gasteiger partial charge on any atom is -0.312 e. The molecule has 0 saturated carbocycles. The smallest absolute Gasteiger partial charge is 0.0305 e. The summed E-state index contributed by atoms with van der Waals surface area (Å²) in [5.74, 6) is 0.941. The van der Waals surface area contributed by atoms with Crippen molar-refractivity contribution < 1.29 is 0 Å². The van der Waals surface area contributed by atoms with E-state index in [2.05, 4.69) is 31.1 Å². The van der Waals surface area contributed by atoms with Gasteiger partial charge in [-0.2, -0.15) is 0 Å². The molecule has 2 heterocycles. The lowest BCUT2D eigenvalue weighted by Crippen LogP contribution is -2.60. The van der Waals surface area contributed by atoms with E-state index in [4.69, 9.17) is 0 Å². The van der Waals surface area contributed by atoms with E-state index < -0.39 is 0 Å². The van der Waals surface area contributed by atoms with Gasteiger partial charge in [-0.3, -0.25) is 4.90 Å². The monoisotopic (exact) mass is 168 g/mol. The highest BCUT2D eigenvalue weighted by molar-refractivity contribution is 5.03. The molecule has 12 heavy (non-hydrogen) atoms. The predicted octanol–water partition coefficient (Wildman–Crippen LogP) is 1.08. The van der Waals surface area contributed by atoms with E-state index in [9.17, 15) is 0 Å². The maximum atomic E-state index is 3.64. The first-order valence-electron chi connectivity index (χ1n) is 5.07. The Balaban J connectivity index is 2.18. The molecular formula is C10H20N2. The molecule has 2 unspecified atom stereocenters. The van der Waals surface area contributed by atoms with Gasteiger partial charge in [0.25, 0.3) is 0 Å². The van der Waals surface area contributed by atoms with Crippen molar-refractivity contribution in [2.24, 2.45) is 5.92 Å². The highest BCUT2D eigenvalue weighted by atomic mass is 15.2. The normalized spacial score (nSPS) is 41.2. The Kier molecular flexibility index (Phi) is 1.92. The molecule has 2 fully saturated rings. The first-order valence-corrected chi connectivity index (χ1v) is 5.07. The molecule has 2 nitrogen and oxygen atoms in total. The number of hydrogen-bond acceptors (Lipinski definition) is 2. The van der Waals surface area contributed by atoms with Crippen LogP contribution in [0.1, 0.15) is 26.7 Å². The van der Waals surface area contributed by atoms with Crippen molar-refractivity contribution in [3.8, 4) is 0 Å². The van der Waals surface area contributed by atoms with Gasteiger partial charge in [0, 0.05) is 11.6 Å². The zero-order chi connectivity index (χ0) is 8.77. The second-order valence-electron chi connectivity index (χ2n) is 4.84.